The van der Waals surface area contributed by atoms with Crippen LogP contribution in [0.25, 0.3) is 0 Å². The minimum atomic E-state index is 0. The van der Waals surface area contributed by atoms with E-state index in [4.69, 9.17) is 11.6 Å². The Morgan fingerprint density at radius 3 is 1.62 bits per heavy atom. The quantitative estimate of drug-likeness (QED) is 0.650. The molecule has 1 unspecified atom stereocenters. The summed E-state index contributed by atoms with van der Waals surface area (Å²) in [5.41, 5.74) is 0. The molecule has 0 rings (SSSR count). The molecule has 0 saturated heterocycles. The smallest absolute Gasteiger partial charge is 0.0320 e. The highest BCUT2D eigenvalue weighted by molar-refractivity contribution is 6.20. The van der Waals surface area contributed by atoms with Crippen molar-refractivity contribution in [3.05, 3.63) is 0 Å². The van der Waals surface area contributed by atoms with E-state index >= 15 is 0 Å². The van der Waals surface area contributed by atoms with Crippen molar-refractivity contribution in [1.82, 2.24) is 4.90 Å². The summed E-state index contributed by atoms with van der Waals surface area (Å²) in [4.78, 5) is 2.47. The predicted octanol–water partition coefficient (Wildman–Crippen LogP) is 3.54. The molecular weight excluding hydrogens is 205 g/mol. The van der Waals surface area contributed by atoms with E-state index in [2.05, 4.69) is 39.5 Å². The first-order valence-electron chi connectivity index (χ1n) is 4.85. The van der Waals surface area contributed by atoms with Crippen molar-refractivity contribution in [2.24, 2.45) is 0 Å². The van der Waals surface area contributed by atoms with Gasteiger partial charge in [-0.2, -0.15) is 0 Å². The molecular formula is C10H23Cl2N. The average Bonchev–Trinajstić information content (AvgIpc) is 1.84. The van der Waals surface area contributed by atoms with Gasteiger partial charge < -0.3 is 0 Å². The molecule has 0 aromatic rings. The van der Waals surface area contributed by atoms with E-state index in [1.807, 2.05) is 0 Å². The zero-order valence-electron chi connectivity index (χ0n) is 9.38. The van der Waals surface area contributed by atoms with Gasteiger partial charge in [0.15, 0.2) is 0 Å². The van der Waals surface area contributed by atoms with Crippen LogP contribution < -0.4 is 0 Å². The summed E-state index contributed by atoms with van der Waals surface area (Å²) in [6.07, 6.45) is 1.08. The molecule has 13 heavy (non-hydrogen) atoms. The molecule has 0 radical (unpaired) electrons. The fourth-order valence-electron chi connectivity index (χ4n) is 1.44. The van der Waals surface area contributed by atoms with E-state index in [0.717, 1.165) is 13.0 Å². The number of hydrogen-bond donors (Lipinski definition) is 0. The van der Waals surface area contributed by atoms with E-state index in [-0.39, 0.29) is 12.4 Å². The summed E-state index contributed by atoms with van der Waals surface area (Å²) in [5.74, 6) is 0. The van der Waals surface area contributed by atoms with Crippen LogP contribution in [0.5, 0.6) is 0 Å². The second-order valence-electron chi connectivity index (χ2n) is 3.99. The van der Waals surface area contributed by atoms with Crippen LogP contribution in [-0.4, -0.2) is 28.9 Å². The third kappa shape index (κ3) is 7.60. The van der Waals surface area contributed by atoms with Crippen LogP contribution in [0.2, 0.25) is 0 Å². The maximum absolute atomic E-state index is 5.90. The summed E-state index contributed by atoms with van der Waals surface area (Å²) < 4.78 is 0. The van der Waals surface area contributed by atoms with Crippen LogP contribution in [0.3, 0.4) is 0 Å². The molecule has 82 valence electrons. The van der Waals surface area contributed by atoms with Gasteiger partial charge in [-0.25, -0.2) is 0 Å². The van der Waals surface area contributed by atoms with Crippen molar-refractivity contribution in [2.75, 3.05) is 6.54 Å². The first-order chi connectivity index (χ1) is 5.45. The van der Waals surface area contributed by atoms with Gasteiger partial charge in [0.2, 0.25) is 0 Å². The zero-order valence-corrected chi connectivity index (χ0v) is 11.0. The van der Waals surface area contributed by atoms with Gasteiger partial charge >= 0.3 is 0 Å². The van der Waals surface area contributed by atoms with Gasteiger partial charge in [-0.05, 0) is 41.0 Å². The SMILES string of the molecule is CC(Cl)CCN(C(C)C)C(C)C.Cl. The monoisotopic (exact) mass is 227 g/mol. The number of nitrogens with zero attached hydrogens (tertiary/aromatic N) is 1. The minimum absolute atomic E-state index is 0. The van der Waals surface area contributed by atoms with Gasteiger partial charge in [0.05, 0.1) is 0 Å². The minimum Gasteiger partial charge on any atom is -0.298 e. The fourth-order valence-corrected chi connectivity index (χ4v) is 1.54. The summed E-state index contributed by atoms with van der Waals surface area (Å²) >= 11 is 5.90. The average molecular weight is 228 g/mol. The number of rotatable bonds is 5. The van der Waals surface area contributed by atoms with Gasteiger partial charge in [-0.3, -0.25) is 4.90 Å². The Morgan fingerprint density at radius 1 is 1.00 bits per heavy atom. The van der Waals surface area contributed by atoms with E-state index in [0.29, 0.717) is 17.5 Å². The van der Waals surface area contributed by atoms with E-state index < -0.39 is 0 Å². The van der Waals surface area contributed by atoms with Crippen LogP contribution in [-0.2, 0) is 0 Å². The van der Waals surface area contributed by atoms with Crippen molar-refractivity contribution >= 4 is 24.0 Å². The Balaban J connectivity index is 0. The Labute approximate surface area is 94.2 Å². The van der Waals surface area contributed by atoms with Crippen LogP contribution in [0.4, 0.5) is 0 Å². The van der Waals surface area contributed by atoms with E-state index in [1.54, 1.807) is 0 Å². The Morgan fingerprint density at radius 2 is 1.38 bits per heavy atom. The van der Waals surface area contributed by atoms with Crippen LogP contribution in [0.15, 0.2) is 0 Å². The lowest BCUT2D eigenvalue weighted by Crippen LogP contribution is -2.38. The maximum Gasteiger partial charge on any atom is 0.0320 e. The number of halogens is 2. The van der Waals surface area contributed by atoms with E-state index in [1.165, 1.54) is 0 Å². The van der Waals surface area contributed by atoms with Crippen LogP contribution in [0.1, 0.15) is 41.0 Å². The summed E-state index contributed by atoms with van der Waals surface area (Å²) in [7, 11) is 0. The zero-order chi connectivity index (χ0) is 9.72. The molecule has 0 spiro atoms. The van der Waals surface area contributed by atoms with Crippen molar-refractivity contribution in [3.8, 4) is 0 Å². The topological polar surface area (TPSA) is 3.24 Å². The standard InChI is InChI=1S/C10H22ClN.ClH/c1-8(2)12(9(3)4)7-6-10(5)11;/h8-10H,6-7H2,1-5H3;1H. The normalized spacial score (nSPS) is 13.6. The second-order valence-corrected chi connectivity index (χ2v) is 4.74. The molecule has 0 bridgehead atoms. The number of alkyl halides is 1. The Bertz CT molecular complexity index is 105. The third-order valence-corrected chi connectivity index (χ3v) is 2.33. The highest BCUT2D eigenvalue weighted by Gasteiger charge is 2.13. The van der Waals surface area contributed by atoms with Crippen LogP contribution in [0, 0.1) is 0 Å². The second kappa shape index (κ2) is 7.90. The molecule has 0 heterocycles. The van der Waals surface area contributed by atoms with Crippen molar-refractivity contribution in [1.29, 1.82) is 0 Å². The molecule has 0 N–H and O–H groups in total. The lowest BCUT2D eigenvalue weighted by molar-refractivity contribution is 0.173. The van der Waals surface area contributed by atoms with Crippen molar-refractivity contribution in [2.45, 2.75) is 58.5 Å². The lowest BCUT2D eigenvalue weighted by Gasteiger charge is -2.30. The van der Waals surface area contributed by atoms with E-state index in [9.17, 15) is 0 Å². The predicted molar refractivity (Wildman–Crippen MR) is 64.2 cm³/mol. The fraction of sp³-hybridized carbons (Fsp3) is 1.00. The largest absolute Gasteiger partial charge is 0.298 e. The maximum atomic E-state index is 5.90. The third-order valence-electron chi connectivity index (χ3n) is 2.11. The van der Waals surface area contributed by atoms with Gasteiger partial charge in [-0.15, -0.1) is 24.0 Å². The van der Waals surface area contributed by atoms with Gasteiger partial charge in [-0.1, -0.05) is 0 Å². The lowest BCUT2D eigenvalue weighted by atomic mass is 10.2. The summed E-state index contributed by atoms with van der Waals surface area (Å²) in [5, 5.41) is 0.296. The first-order valence-corrected chi connectivity index (χ1v) is 5.28. The molecule has 0 aliphatic heterocycles. The van der Waals surface area contributed by atoms with Gasteiger partial charge in [0.25, 0.3) is 0 Å². The molecule has 0 aromatic carbocycles. The molecule has 1 nitrogen and oxygen atoms in total. The summed E-state index contributed by atoms with van der Waals surface area (Å²) in [6, 6.07) is 1.25. The van der Waals surface area contributed by atoms with Gasteiger partial charge in [0, 0.05) is 24.0 Å². The molecule has 0 aromatic heterocycles. The Kier molecular flexibility index (Phi) is 9.71. The Hall–Kier alpha value is 0.540. The van der Waals surface area contributed by atoms with Crippen molar-refractivity contribution < 1.29 is 0 Å². The van der Waals surface area contributed by atoms with Gasteiger partial charge in [0.1, 0.15) is 0 Å². The molecule has 0 fully saturated rings. The van der Waals surface area contributed by atoms with Crippen molar-refractivity contribution in [3.63, 3.8) is 0 Å². The molecule has 3 heteroatoms. The highest BCUT2D eigenvalue weighted by Crippen LogP contribution is 2.09. The molecule has 0 amide bonds. The highest BCUT2D eigenvalue weighted by atomic mass is 35.5. The molecule has 0 saturated carbocycles. The van der Waals surface area contributed by atoms with Crippen LogP contribution >= 0.6 is 24.0 Å². The number of hydrogen-bond acceptors (Lipinski definition) is 1. The first kappa shape index (κ1) is 16.0. The molecule has 1 atom stereocenters. The molecule has 0 aliphatic rings. The summed E-state index contributed by atoms with van der Waals surface area (Å²) in [6.45, 7) is 12.1. The molecule has 0 aliphatic carbocycles.